The molecule has 1 unspecified atom stereocenters. The van der Waals surface area contributed by atoms with Crippen molar-refractivity contribution in [2.24, 2.45) is 11.7 Å². The van der Waals surface area contributed by atoms with Gasteiger partial charge in [0.2, 0.25) is 5.91 Å². The Labute approximate surface area is 173 Å². The summed E-state index contributed by atoms with van der Waals surface area (Å²) in [4.78, 5) is 17.4. The second kappa shape index (κ2) is 9.53. The van der Waals surface area contributed by atoms with Crippen LogP contribution in [0, 0.1) is 5.92 Å². The van der Waals surface area contributed by atoms with Crippen molar-refractivity contribution in [3.8, 4) is 0 Å². The monoisotopic (exact) mass is 393 g/mol. The number of carbonyl (C=O) groups is 1. The van der Waals surface area contributed by atoms with E-state index < -0.39 is 0 Å². The molecule has 2 fully saturated rings. The highest BCUT2D eigenvalue weighted by atomic mass is 16.5. The summed E-state index contributed by atoms with van der Waals surface area (Å²) in [6.07, 6.45) is 0.413. The van der Waals surface area contributed by atoms with Crippen LogP contribution in [0.3, 0.4) is 0 Å². The molecule has 2 heterocycles. The van der Waals surface area contributed by atoms with Gasteiger partial charge >= 0.3 is 0 Å². The number of nitrogens with zero attached hydrogens (tertiary/aromatic N) is 2. The molecule has 2 aliphatic heterocycles. The lowest BCUT2D eigenvalue weighted by atomic mass is 9.89. The highest BCUT2D eigenvalue weighted by Crippen LogP contribution is 2.32. The number of rotatable bonds is 6. The fourth-order valence-corrected chi connectivity index (χ4v) is 4.60. The lowest BCUT2D eigenvalue weighted by Gasteiger charge is -2.33. The molecule has 1 amide bonds. The third-order valence-electron chi connectivity index (χ3n) is 6.20. The molecule has 2 saturated heterocycles. The Kier molecular flexibility index (Phi) is 6.60. The molecule has 5 nitrogen and oxygen atoms in total. The summed E-state index contributed by atoms with van der Waals surface area (Å²) in [5, 5.41) is 0. The van der Waals surface area contributed by atoms with Gasteiger partial charge in [-0.05, 0) is 23.6 Å². The largest absolute Gasteiger partial charge is 0.375 e. The third-order valence-corrected chi connectivity index (χ3v) is 6.20. The van der Waals surface area contributed by atoms with E-state index >= 15 is 0 Å². The van der Waals surface area contributed by atoms with Crippen LogP contribution in [0.2, 0.25) is 0 Å². The number of likely N-dealkylation sites (tertiary alicyclic amines) is 1. The van der Waals surface area contributed by atoms with E-state index in [1.54, 1.807) is 0 Å². The number of hydrogen-bond donors (Lipinski definition) is 1. The number of nitrogens with two attached hydrogens (primary N) is 1. The average Bonchev–Trinajstić information content (AvgIpc) is 3.20. The minimum Gasteiger partial charge on any atom is -0.375 e. The minimum absolute atomic E-state index is 0.0351. The molecule has 0 spiro atoms. The van der Waals surface area contributed by atoms with Crippen LogP contribution in [0.4, 0.5) is 0 Å². The van der Waals surface area contributed by atoms with E-state index in [4.69, 9.17) is 10.5 Å². The average molecular weight is 394 g/mol. The van der Waals surface area contributed by atoms with Crippen LogP contribution in [0.15, 0.2) is 60.7 Å². The maximum Gasteiger partial charge on any atom is 0.225 e. The molecule has 0 aliphatic carbocycles. The number of morpholine rings is 1. The first-order valence-electron chi connectivity index (χ1n) is 10.6. The number of hydrogen-bond acceptors (Lipinski definition) is 4. The smallest absolute Gasteiger partial charge is 0.225 e. The van der Waals surface area contributed by atoms with Crippen LogP contribution in [0.5, 0.6) is 0 Å². The third kappa shape index (κ3) is 5.04. The summed E-state index contributed by atoms with van der Waals surface area (Å²) >= 11 is 0. The zero-order chi connectivity index (χ0) is 20.1. The zero-order valence-electron chi connectivity index (χ0n) is 17.0. The van der Waals surface area contributed by atoms with Crippen LogP contribution in [0.1, 0.15) is 23.5 Å². The molecule has 0 bridgehead atoms. The molecule has 0 aromatic heterocycles. The normalized spacial score (nSPS) is 25.3. The van der Waals surface area contributed by atoms with Crippen molar-refractivity contribution in [2.45, 2.75) is 25.0 Å². The maximum atomic E-state index is 13.0. The zero-order valence-corrected chi connectivity index (χ0v) is 17.0. The quantitative estimate of drug-likeness (QED) is 0.819. The molecule has 29 heavy (non-hydrogen) atoms. The van der Waals surface area contributed by atoms with E-state index in [2.05, 4.69) is 53.4 Å². The second-order valence-corrected chi connectivity index (χ2v) is 8.23. The van der Waals surface area contributed by atoms with E-state index in [-0.39, 0.29) is 12.0 Å². The molecule has 0 saturated carbocycles. The Morgan fingerprint density at radius 2 is 1.72 bits per heavy atom. The Morgan fingerprint density at radius 3 is 2.45 bits per heavy atom. The molecule has 3 atom stereocenters. The first-order valence-corrected chi connectivity index (χ1v) is 10.6. The molecule has 2 aromatic carbocycles. The summed E-state index contributed by atoms with van der Waals surface area (Å²) < 4.78 is 5.93. The summed E-state index contributed by atoms with van der Waals surface area (Å²) in [7, 11) is 0. The van der Waals surface area contributed by atoms with Crippen molar-refractivity contribution in [3.63, 3.8) is 0 Å². The molecular formula is C24H31N3O2. The first kappa shape index (κ1) is 20.1. The van der Waals surface area contributed by atoms with Crippen LogP contribution in [0.25, 0.3) is 0 Å². The van der Waals surface area contributed by atoms with Gasteiger partial charge in [0.25, 0.3) is 0 Å². The maximum absolute atomic E-state index is 13.0. The van der Waals surface area contributed by atoms with Crippen molar-refractivity contribution >= 4 is 5.91 Å². The van der Waals surface area contributed by atoms with E-state index in [1.165, 1.54) is 11.1 Å². The Balaban J connectivity index is 1.33. The highest BCUT2D eigenvalue weighted by molar-refractivity contribution is 5.77. The van der Waals surface area contributed by atoms with Crippen LogP contribution < -0.4 is 5.73 Å². The van der Waals surface area contributed by atoms with Gasteiger partial charge in [-0.1, -0.05) is 60.7 Å². The summed E-state index contributed by atoms with van der Waals surface area (Å²) in [6.45, 7) is 5.41. The van der Waals surface area contributed by atoms with Crippen molar-refractivity contribution < 1.29 is 9.53 Å². The van der Waals surface area contributed by atoms with E-state index in [1.807, 2.05) is 17.0 Å². The lowest BCUT2D eigenvalue weighted by molar-refractivity contribution is -0.135. The van der Waals surface area contributed by atoms with Crippen molar-refractivity contribution in [3.05, 3.63) is 71.8 Å². The standard InChI is InChI=1S/C24H31N3O2/c25-14-21-16-27(18-23(21)20-9-5-2-6-10-20)24(28)13-22-17-26(11-12-29-22)15-19-7-3-1-4-8-19/h1-10,21-23H,11-18,25H2/t21-,22?,23+/m1/s1. The predicted octanol–water partition coefficient (Wildman–Crippen LogP) is 2.48. The van der Waals surface area contributed by atoms with Gasteiger partial charge in [-0.3, -0.25) is 9.69 Å². The summed E-state index contributed by atoms with van der Waals surface area (Å²) in [5.41, 5.74) is 8.61. The fourth-order valence-electron chi connectivity index (χ4n) is 4.60. The number of benzene rings is 2. The van der Waals surface area contributed by atoms with Crippen molar-refractivity contribution in [1.82, 2.24) is 9.80 Å². The van der Waals surface area contributed by atoms with Gasteiger partial charge in [0.1, 0.15) is 0 Å². The lowest BCUT2D eigenvalue weighted by Crippen LogP contribution is -2.44. The second-order valence-electron chi connectivity index (χ2n) is 8.23. The Hall–Kier alpha value is -2.21. The number of carbonyl (C=O) groups excluding carboxylic acids is 1. The molecule has 2 aromatic rings. The van der Waals surface area contributed by atoms with E-state index in [9.17, 15) is 4.79 Å². The first-order chi connectivity index (χ1) is 14.2. The van der Waals surface area contributed by atoms with Crippen molar-refractivity contribution in [2.75, 3.05) is 39.3 Å². The van der Waals surface area contributed by atoms with Crippen LogP contribution in [-0.4, -0.2) is 61.1 Å². The molecule has 5 heteroatoms. The molecule has 0 radical (unpaired) electrons. The van der Waals surface area contributed by atoms with Crippen molar-refractivity contribution in [1.29, 1.82) is 0 Å². The minimum atomic E-state index is -0.0351. The van der Waals surface area contributed by atoms with Gasteiger partial charge in [0.05, 0.1) is 19.1 Å². The van der Waals surface area contributed by atoms with Crippen LogP contribution >= 0.6 is 0 Å². The topological polar surface area (TPSA) is 58.8 Å². The Morgan fingerprint density at radius 1 is 1.00 bits per heavy atom. The van der Waals surface area contributed by atoms with Gasteiger partial charge < -0.3 is 15.4 Å². The van der Waals surface area contributed by atoms with Gasteiger partial charge in [-0.2, -0.15) is 0 Å². The van der Waals surface area contributed by atoms with Crippen LogP contribution in [-0.2, 0) is 16.1 Å². The van der Waals surface area contributed by atoms with Gasteiger partial charge in [-0.15, -0.1) is 0 Å². The van der Waals surface area contributed by atoms with Gasteiger partial charge in [0.15, 0.2) is 0 Å². The number of amides is 1. The molecular weight excluding hydrogens is 362 g/mol. The molecule has 2 N–H and O–H groups in total. The predicted molar refractivity (Wildman–Crippen MR) is 114 cm³/mol. The fraction of sp³-hybridized carbons (Fsp3) is 0.458. The molecule has 2 aliphatic rings. The number of ether oxygens (including phenoxy) is 1. The SMILES string of the molecule is NC[C@@H]1CN(C(=O)CC2CN(Cc3ccccc3)CCO2)C[C@H]1c1ccccc1. The molecule has 154 valence electrons. The van der Waals surface area contributed by atoms with Gasteiger partial charge in [0, 0.05) is 38.6 Å². The molecule has 4 rings (SSSR count). The van der Waals surface area contributed by atoms with E-state index in [0.29, 0.717) is 31.4 Å². The summed E-state index contributed by atoms with van der Waals surface area (Å²) in [5.74, 6) is 0.837. The van der Waals surface area contributed by atoms with Gasteiger partial charge in [-0.25, -0.2) is 0 Å². The highest BCUT2D eigenvalue weighted by Gasteiger charge is 2.36. The Bertz CT molecular complexity index is 783. The van der Waals surface area contributed by atoms with E-state index in [0.717, 1.165) is 32.7 Å². The summed E-state index contributed by atoms with van der Waals surface area (Å²) in [6, 6.07) is 20.9.